The maximum Gasteiger partial charge on any atom is 0.193 e. The summed E-state index contributed by atoms with van der Waals surface area (Å²) >= 11 is 0. The number of guanidine groups is 1. The maximum atomic E-state index is 13.3. The standard InChI is InChI=1S/C17H24FN5.HI/c1-12-16(13(2)23(5)21-12)10-20-17(19-3)22(4)11-14-7-6-8-15(18)9-14;/h6-9H,10-11H2,1-5H3,(H,19,20);1H. The van der Waals surface area contributed by atoms with E-state index in [2.05, 4.69) is 22.3 Å². The fraction of sp³-hybridized carbons (Fsp3) is 0.412. The Morgan fingerprint density at radius 2 is 2.08 bits per heavy atom. The van der Waals surface area contributed by atoms with E-state index >= 15 is 0 Å². The summed E-state index contributed by atoms with van der Waals surface area (Å²) < 4.78 is 15.2. The normalized spacial score (nSPS) is 11.2. The van der Waals surface area contributed by atoms with E-state index in [4.69, 9.17) is 0 Å². The zero-order valence-corrected chi connectivity index (χ0v) is 17.1. The van der Waals surface area contributed by atoms with Crippen LogP contribution in [0.25, 0.3) is 0 Å². The molecule has 2 aromatic rings. The number of hydrogen-bond acceptors (Lipinski definition) is 2. The van der Waals surface area contributed by atoms with E-state index in [-0.39, 0.29) is 29.8 Å². The molecule has 1 heterocycles. The average molecular weight is 445 g/mol. The molecule has 24 heavy (non-hydrogen) atoms. The largest absolute Gasteiger partial charge is 0.352 e. The highest BCUT2D eigenvalue weighted by atomic mass is 127. The second-order valence-corrected chi connectivity index (χ2v) is 5.66. The van der Waals surface area contributed by atoms with Crippen LogP contribution in [0.4, 0.5) is 4.39 Å². The summed E-state index contributed by atoms with van der Waals surface area (Å²) in [5.74, 6) is 0.539. The third kappa shape index (κ3) is 4.93. The van der Waals surface area contributed by atoms with E-state index in [0.717, 1.165) is 22.9 Å². The number of halogens is 2. The smallest absolute Gasteiger partial charge is 0.193 e. The quantitative estimate of drug-likeness (QED) is 0.447. The molecule has 5 nitrogen and oxygen atoms in total. The first-order chi connectivity index (χ1) is 10.9. The van der Waals surface area contributed by atoms with Gasteiger partial charge in [0.2, 0.25) is 0 Å². The van der Waals surface area contributed by atoms with Crippen molar-refractivity contribution in [1.82, 2.24) is 20.0 Å². The van der Waals surface area contributed by atoms with Crippen molar-refractivity contribution < 1.29 is 4.39 Å². The highest BCUT2D eigenvalue weighted by Crippen LogP contribution is 2.12. The van der Waals surface area contributed by atoms with Gasteiger partial charge in [0.1, 0.15) is 5.82 Å². The minimum absolute atomic E-state index is 0. The van der Waals surface area contributed by atoms with Gasteiger partial charge in [-0.1, -0.05) is 12.1 Å². The van der Waals surface area contributed by atoms with Crippen LogP contribution in [0.3, 0.4) is 0 Å². The molecule has 0 spiro atoms. The SMILES string of the molecule is CN=C(NCc1c(C)nn(C)c1C)N(C)Cc1cccc(F)c1.I. The van der Waals surface area contributed by atoms with Crippen LogP contribution < -0.4 is 5.32 Å². The van der Waals surface area contributed by atoms with Crippen LogP contribution in [0.1, 0.15) is 22.5 Å². The van der Waals surface area contributed by atoms with Crippen LogP contribution in [-0.2, 0) is 20.1 Å². The van der Waals surface area contributed by atoms with Gasteiger partial charge in [-0.25, -0.2) is 4.39 Å². The molecule has 0 fully saturated rings. The summed E-state index contributed by atoms with van der Waals surface area (Å²) in [6.07, 6.45) is 0. The summed E-state index contributed by atoms with van der Waals surface area (Å²) in [5, 5.41) is 7.76. The molecule has 0 amide bonds. The van der Waals surface area contributed by atoms with Crippen molar-refractivity contribution >= 4 is 29.9 Å². The van der Waals surface area contributed by atoms with Gasteiger partial charge in [-0.3, -0.25) is 9.67 Å². The van der Waals surface area contributed by atoms with Gasteiger partial charge in [-0.2, -0.15) is 5.10 Å². The first kappa shape index (κ1) is 20.4. The predicted molar refractivity (Wildman–Crippen MR) is 106 cm³/mol. The number of aliphatic imine (C=N–C) groups is 1. The lowest BCUT2D eigenvalue weighted by molar-refractivity contribution is 0.474. The molecule has 0 bridgehead atoms. The zero-order chi connectivity index (χ0) is 17.0. The number of aromatic nitrogens is 2. The molecule has 0 aliphatic rings. The topological polar surface area (TPSA) is 45.5 Å². The van der Waals surface area contributed by atoms with Crippen molar-refractivity contribution in [3.05, 3.63) is 52.6 Å². The molecular formula is C17H25FIN5. The Morgan fingerprint density at radius 3 is 2.62 bits per heavy atom. The Bertz CT molecular complexity index is 711. The summed E-state index contributed by atoms with van der Waals surface area (Å²) in [5.41, 5.74) is 4.23. The van der Waals surface area contributed by atoms with Crippen LogP contribution in [-0.4, -0.2) is 34.7 Å². The molecular weight excluding hydrogens is 420 g/mol. The van der Waals surface area contributed by atoms with E-state index in [1.165, 1.54) is 11.6 Å². The van der Waals surface area contributed by atoms with Crippen LogP contribution in [0.15, 0.2) is 29.3 Å². The second kappa shape index (κ2) is 9.00. The Balaban J connectivity index is 0.00000288. The Morgan fingerprint density at radius 1 is 1.38 bits per heavy atom. The monoisotopic (exact) mass is 445 g/mol. The van der Waals surface area contributed by atoms with Crippen molar-refractivity contribution in [2.75, 3.05) is 14.1 Å². The number of aryl methyl sites for hydroxylation is 2. The first-order valence-corrected chi connectivity index (χ1v) is 7.57. The van der Waals surface area contributed by atoms with E-state index in [1.54, 1.807) is 19.2 Å². The van der Waals surface area contributed by atoms with Gasteiger partial charge in [0.05, 0.1) is 5.69 Å². The van der Waals surface area contributed by atoms with E-state index in [1.807, 2.05) is 36.7 Å². The second-order valence-electron chi connectivity index (χ2n) is 5.66. The Kier molecular flexibility index (Phi) is 7.65. The molecule has 0 radical (unpaired) electrons. The van der Waals surface area contributed by atoms with Gasteiger partial charge in [0.15, 0.2) is 5.96 Å². The lowest BCUT2D eigenvalue weighted by Crippen LogP contribution is -2.38. The number of benzene rings is 1. The molecule has 2 rings (SSSR count). The summed E-state index contributed by atoms with van der Waals surface area (Å²) in [7, 11) is 5.62. The highest BCUT2D eigenvalue weighted by Gasteiger charge is 2.12. The number of rotatable bonds is 4. The highest BCUT2D eigenvalue weighted by molar-refractivity contribution is 14.0. The fourth-order valence-electron chi connectivity index (χ4n) is 2.61. The average Bonchev–Trinajstić information content (AvgIpc) is 2.73. The molecule has 0 aliphatic heterocycles. The summed E-state index contributed by atoms with van der Waals surface area (Å²) in [4.78, 5) is 6.27. The molecule has 0 aliphatic carbocycles. The third-order valence-corrected chi connectivity index (χ3v) is 3.96. The Hall–Kier alpha value is -1.64. The van der Waals surface area contributed by atoms with Crippen molar-refractivity contribution in [1.29, 1.82) is 0 Å². The first-order valence-electron chi connectivity index (χ1n) is 7.57. The molecule has 7 heteroatoms. The lowest BCUT2D eigenvalue weighted by atomic mass is 10.2. The van der Waals surface area contributed by atoms with Crippen molar-refractivity contribution in [3.63, 3.8) is 0 Å². The molecule has 0 saturated carbocycles. The van der Waals surface area contributed by atoms with Crippen molar-refractivity contribution in [3.8, 4) is 0 Å². The maximum absolute atomic E-state index is 13.3. The molecule has 0 saturated heterocycles. The van der Waals surface area contributed by atoms with Gasteiger partial charge >= 0.3 is 0 Å². The van der Waals surface area contributed by atoms with Crippen LogP contribution in [0.5, 0.6) is 0 Å². The van der Waals surface area contributed by atoms with E-state index in [0.29, 0.717) is 13.1 Å². The Labute approximate surface area is 160 Å². The zero-order valence-electron chi connectivity index (χ0n) is 14.8. The van der Waals surface area contributed by atoms with Crippen LogP contribution in [0, 0.1) is 19.7 Å². The van der Waals surface area contributed by atoms with Gasteiger partial charge < -0.3 is 10.2 Å². The molecule has 132 valence electrons. The molecule has 1 aromatic heterocycles. The van der Waals surface area contributed by atoms with Gasteiger partial charge in [-0.15, -0.1) is 24.0 Å². The molecule has 1 aromatic carbocycles. The van der Waals surface area contributed by atoms with E-state index < -0.39 is 0 Å². The van der Waals surface area contributed by atoms with Crippen molar-refractivity contribution in [2.45, 2.75) is 26.9 Å². The minimum Gasteiger partial charge on any atom is -0.352 e. The molecule has 0 unspecified atom stereocenters. The minimum atomic E-state index is -0.222. The van der Waals surface area contributed by atoms with Gasteiger partial charge in [-0.05, 0) is 31.5 Å². The third-order valence-electron chi connectivity index (χ3n) is 3.96. The summed E-state index contributed by atoms with van der Waals surface area (Å²) in [6, 6.07) is 6.61. The van der Waals surface area contributed by atoms with E-state index in [9.17, 15) is 4.39 Å². The lowest BCUT2D eigenvalue weighted by Gasteiger charge is -2.22. The number of hydrogen-bond donors (Lipinski definition) is 1. The summed E-state index contributed by atoms with van der Waals surface area (Å²) in [6.45, 7) is 5.30. The van der Waals surface area contributed by atoms with Crippen LogP contribution >= 0.6 is 24.0 Å². The number of nitrogens with zero attached hydrogens (tertiary/aromatic N) is 4. The van der Waals surface area contributed by atoms with Crippen molar-refractivity contribution in [2.24, 2.45) is 12.0 Å². The number of nitrogens with one attached hydrogen (secondary N) is 1. The predicted octanol–water partition coefficient (Wildman–Crippen LogP) is 3.00. The van der Waals surface area contributed by atoms with Gasteiger partial charge in [0, 0.05) is 45.5 Å². The van der Waals surface area contributed by atoms with Crippen LogP contribution in [0.2, 0.25) is 0 Å². The molecule has 1 N–H and O–H groups in total. The molecule has 0 atom stereocenters. The fourth-order valence-corrected chi connectivity index (χ4v) is 2.61. The van der Waals surface area contributed by atoms with Gasteiger partial charge in [0.25, 0.3) is 0 Å².